The number of ether oxygens (including phenoxy) is 1. The Morgan fingerprint density at radius 2 is 1.92 bits per heavy atom. The Kier molecular flexibility index (Phi) is 5.04. The first-order valence-corrected chi connectivity index (χ1v) is 8.48. The van der Waals surface area contributed by atoms with Gasteiger partial charge in [-0.1, -0.05) is 30.3 Å². The number of hydrogen-bond acceptors (Lipinski definition) is 3. The quantitative estimate of drug-likeness (QED) is 0.912. The van der Waals surface area contributed by atoms with Crippen LogP contribution in [0, 0.1) is 5.92 Å². The van der Waals surface area contributed by atoms with Crippen LogP contribution in [0.1, 0.15) is 24.5 Å². The molecule has 6 nitrogen and oxygen atoms in total. The van der Waals surface area contributed by atoms with Crippen molar-refractivity contribution in [2.45, 2.75) is 25.0 Å². The molecule has 1 aliphatic heterocycles. The molecule has 0 spiro atoms. The lowest BCUT2D eigenvalue weighted by molar-refractivity contribution is -0.147. The van der Waals surface area contributed by atoms with Crippen LogP contribution >= 0.6 is 0 Å². The molecule has 6 heteroatoms. The van der Waals surface area contributed by atoms with Crippen molar-refractivity contribution in [3.05, 3.63) is 35.9 Å². The molecule has 1 heterocycles. The highest BCUT2D eigenvalue weighted by molar-refractivity contribution is 5.84. The van der Waals surface area contributed by atoms with Crippen LogP contribution in [0.3, 0.4) is 0 Å². The summed E-state index contributed by atoms with van der Waals surface area (Å²) in [6.07, 6.45) is 2.34. The summed E-state index contributed by atoms with van der Waals surface area (Å²) < 4.78 is 6.25. The standard InChI is InChI=1S/C18H25N3O3/c1-20(2)18(23)19-10-17(22)21-11-15(13-6-4-3-5-7-13)24-16(12-21)14-8-9-14/h3-7,14-16H,8-12H2,1-2H3,(H,19,23)/t15-,16+/m0/s1. The number of morpholine rings is 1. The van der Waals surface area contributed by atoms with Crippen LogP contribution in [0.15, 0.2) is 30.3 Å². The summed E-state index contributed by atoms with van der Waals surface area (Å²) in [5, 5.41) is 2.65. The van der Waals surface area contributed by atoms with E-state index in [1.54, 1.807) is 14.1 Å². The topological polar surface area (TPSA) is 61.9 Å². The molecule has 24 heavy (non-hydrogen) atoms. The van der Waals surface area contributed by atoms with E-state index in [2.05, 4.69) is 5.32 Å². The third-order valence-corrected chi connectivity index (χ3v) is 4.59. The number of nitrogens with one attached hydrogen (secondary N) is 1. The van der Waals surface area contributed by atoms with Gasteiger partial charge in [0.05, 0.1) is 19.2 Å². The lowest BCUT2D eigenvalue weighted by Crippen LogP contribution is -2.51. The van der Waals surface area contributed by atoms with Crippen LogP contribution in [0.25, 0.3) is 0 Å². The van der Waals surface area contributed by atoms with Gasteiger partial charge in [-0.15, -0.1) is 0 Å². The number of benzene rings is 1. The minimum Gasteiger partial charge on any atom is -0.366 e. The Bertz CT molecular complexity index is 586. The van der Waals surface area contributed by atoms with Crippen molar-refractivity contribution < 1.29 is 14.3 Å². The van der Waals surface area contributed by atoms with Gasteiger partial charge in [-0.05, 0) is 24.3 Å². The van der Waals surface area contributed by atoms with E-state index in [1.165, 1.54) is 17.7 Å². The van der Waals surface area contributed by atoms with Gasteiger partial charge in [-0.25, -0.2) is 4.79 Å². The molecule has 1 aromatic rings. The van der Waals surface area contributed by atoms with Crippen molar-refractivity contribution in [3.8, 4) is 0 Å². The summed E-state index contributed by atoms with van der Waals surface area (Å²) in [5.41, 5.74) is 1.10. The molecule has 1 saturated heterocycles. The molecule has 0 unspecified atom stereocenters. The molecule has 0 bridgehead atoms. The van der Waals surface area contributed by atoms with Crippen molar-refractivity contribution in [1.82, 2.24) is 15.1 Å². The second-order valence-electron chi connectivity index (χ2n) is 6.76. The van der Waals surface area contributed by atoms with Gasteiger partial charge in [0.25, 0.3) is 0 Å². The van der Waals surface area contributed by atoms with Gasteiger partial charge in [0.1, 0.15) is 6.10 Å². The lowest BCUT2D eigenvalue weighted by atomic mass is 10.0. The fraction of sp³-hybridized carbons (Fsp3) is 0.556. The highest BCUT2D eigenvalue weighted by Crippen LogP contribution is 2.39. The Morgan fingerprint density at radius 1 is 1.21 bits per heavy atom. The molecule has 2 aliphatic rings. The number of carbonyl (C=O) groups is 2. The molecule has 2 atom stereocenters. The van der Waals surface area contributed by atoms with E-state index in [0.717, 1.165) is 5.56 Å². The summed E-state index contributed by atoms with van der Waals surface area (Å²) in [6.45, 7) is 1.17. The predicted octanol–water partition coefficient (Wildman–Crippen LogP) is 1.64. The smallest absolute Gasteiger partial charge is 0.317 e. The molecule has 2 fully saturated rings. The minimum absolute atomic E-state index is 0.0237. The maximum atomic E-state index is 12.5. The Labute approximate surface area is 142 Å². The van der Waals surface area contributed by atoms with Crippen LogP contribution in [0.2, 0.25) is 0 Å². The summed E-state index contributed by atoms with van der Waals surface area (Å²) in [5.74, 6) is 0.503. The van der Waals surface area contributed by atoms with Gasteiger partial charge < -0.3 is 19.9 Å². The van der Waals surface area contributed by atoms with Crippen molar-refractivity contribution in [3.63, 3.8) is 0 Å². The molecule has 1 saturated carbocycles. The first-order chi connectivity index (χ1) is 11.5. The lowest BCUT2D eigenvalue weighted by Gasteiger charge is -2.38. The minimum atomic E-state index is -0.255. The number of nitrogens with zero attached hydrogens (tertiary/aromatic N) is 2. The van der Waals surface area contributed by atoms with E-state index in [4.69, 9.17) is 4.74 Å². The van der Waals surface area contributed by atoms with Crippen LogP contribution in [0.4, 0.5) is 4.79 Å². The molecular weight excluding hydrogens is 306 g/mol. The van der Waals surface area contributed by atoms with Crippen molar-refractivity contribution in [2.24, 2.45) is 5.92 Å². The molecule has 0 radical (unpaired) electrons. The van der Waals surface area contributed by atoms with E-state index < -0.39 is 0 Å². The number of hydrogen-bond donors (Lipinski definition) is 1. The molecule has 3 amide bonds. The van der Waals surface area contributed by atoms with Gasteiger partial charge in [0, 0.05) is 20.6 Å². The zero-order valence-corrected chi connectivity index (χ0v) is 14.3. The highest BCUT2D eigenvalue weighted by Gasteiger charge is 2.40. The predicted molar refractivity (Wildman–Crippen MR) is 90.4 cm³/mol. The number of rotatable bonds is 4. The second kappa shape index (κ2) is 7.21. The molecule has 1 aliphatic carbocycles. The van der Waals surface area contributed by atoms with E-state index in [0.29, 0.717) is 19.0 Å². The van der Waals surface area contributed by atoms with Crippen LogP contribution < -0.4 is 5.32 Å². The zero-order valence-electron chi connectivity index (χ0n) is 14.3. The SMILES string of the molecule is CN(C)C(=O)NCC(=O)N1C[C@@H](c2ccccc2)O[C@@H](C2CC2)C1. The Balaban J connectivity index is 1.65. The van der Waals surface area contributed by atoms with Gasteiger partial charge in [-0.3, -0.25) is 4.79 Å². The van der Waals surface area contributed by atoms with Crippen molar-refractivity contribution >= 4 is 11.9 Å². The third kappa shape index (κ3) is 4.06. The summed E-state index contributed by atoms with van der Waals surface area (Å²) in [7, 11) is 3.31. The van der Waals surface area contributed by atoms with Crippen molar-refractivity contribution in [2.75, 3.05) is 33.7 Å². The average molecular weight is 331 g/mol. The third-order valence-electron chi connectivity index (χ3n) is 4.59. The largest absolute Gasteiger partial charge is 0.366 e. The number of urea groups is 1. The Morgan fingerprint density at radius 3 is 2.54 bits per heavy atom. The zero-order chi connectivity index (χ0) is 17.1. The first kappa shape index (κ1) is 16.8. The highest BCUT2D eigenvalue weighted by atomic mass is 16.5. The van der Waals surface area contributed by atoms with Gasteiger partial charge in [0.2, 0.25) is 5.91 Å². The molecule has 1 aromatic carbocycles. The first-order valence-electron chi connectivity index (χ1n) is 8.48. The van der Waals surface area contributed by atoms with Crippen LogP contribution in [0.5, 0.6) is 0 Å². The summed E-state index contributed by atoms with van der Waals surface area (Å²) >= 11 is 0. The summed E-state index contributed by atoms with van der Waals surface area (Å²) in [6, 6.07) is 9.78. The van der Waals surface area contributed by atoms with Gasteiger partial charge in [0.15, 0.2) is 0 Å². The van der Waals surface area contributed by atoms with E-state index in [-0.39, 0.29) is 30.7 Å². The number of carbonyl (C=O) groups excluding carboxylic acids is 2. The van der Waals surface area contributed by atoms with Gasteiger partial charge >= 0.3 is 6.03 Å². The summed E-state index contributed by atoms with van der Waals surface area (Å²) in [4.78, 5) is 27.4. The van der Waals surface area contributed by atoms with E-state index in [1.807, 2.05) is 35.2 Å². The molecular formula is C18H25N3O3. The maximum absolute atomic E-state index is 12.5. The average Bonchev–Trinajstić information content (AvgIpc) is 3.44. The van der Waals surface area contributed by atoms with Crippen LogP contribution in [-0.4, -0.2) is 61.6 Å². The van der Waals surface area contributed by atoms with E-state index in [9.17, 15) is 9.59 Å². The van der Waals surface area contributed by atoms with Crippen molar-refractivity contribution in [1.29, 1.82) is 0 Å². The van der Waals surface area contributed by atoms with Gasteiger partial charge in [-0.2, -0.15) is 0 Å². The normalized spacial score (nSPS) is 23.7. The molecule has 3 rings (SSSR count). The molecule has 0 aromatic heterocycles. The van der Waals surface area contributed by atoms with Crippen LogP contribution in [-0.2, 0) is 9.53 Å². The van der Waals surface area contributed by atoms with E-state index >= 15 is 0 Å². The molecule has 130 valence electrons. The maximum Gasteiger partial charge on any atom is 0.317 e. The molecule has 1 N–H and O–H groups in total. The second-order valence-corrected chi connectivity index (χ2v) is 6.76. The monoisotopic (exact) mass is 331 g/mol. The fourth-order valence-corrected chi connectivity index (χ4v) is 2.99. The Hall–Kier alpha value is -2.08. The fourth-order valence-electron chi connectivity index (χ4n) is 2.99. The number of amides is 3.